The van der Waals surface area contributed by atoms with Crippen molar-refractivity contribution in [2.75, 3.05) is 33.2 Å². The largest absolute Gasteiger partial charge is 0.497 e. The van der Waals surface area contributed by atoms with Crippen molar-refractivity contribution in [2.24, 2.45) is 0 Å². The highest BCUT2D eigenvalue weighted by Gasteiger charge is 2.12. The fourth-order valence-corrected chi connectivity index (χ4v) is 4.73. The molecule has 2 aromatic heterocycles. The van der Waals surface area contributed by atoms with Crippen molar-refractivity contribution in [2.45, 2.75) is 6.42 Å². The predicted molar refractivity (Wildman–Crippen MR) is 140 cm³/mol. The third-order valence-electron chi connectivity index (χ3n) is 5.64. The first-order valence-electron chi connectivity index (χ1n) is 11.1. The van der Waals surface area contributed by atoms with E-state index in [0.29, 0.717) is 17.2 Å². The number of hydrogen-bond donors (Lipinski definition) is 1. The molecule has 0 aliphatic rings. The average Bonchev–Trinajstić information content (AvgIpc) is 3.30. The molecular weight excluding hydrogens is 462 g/mol. The number of ether oxygens (including phenoxy) is 4. The summed E-state index contributed by atoms with van der Waals surface area (Å²) in [5.41, 5.74) is 2.94. The lowest BCUT2D eigenvalue weighted by molar-refractivity contribution is 0.355. The Morgan fingerprint density at radius 3 is 2.31 bits per heavy atom. The van der Waals surface area contributed by atoms with E-state index in [1.807, 2.05) is 48.5 Å². The second-order valence-electron chi connectivity index (χ2n) is 7.81. The number of benzene rings is 3. The van der Waals surface area contributed by atoms with E-state index < -0.39 is 0 Å². The second-order valence-corrected chi connectivity index (χ2v) is 8.84. The van der Waals surface area contributed by atoms with Crippen LogP contribution >= 0.6 is 11.3 Å². The van der Waals surface area contributed by atoms with Crippen LogP contribution in [0.1, 0.15) is 5.56 Å². The van der Waals surface area contributed by atoms with Crippen molar-refractivity contribution in [3.8, 4) is 28.7 Å². The van der Waals surface area contributed by atoms with Crippen LogP contribution in [-0.2, 0) is 6.42 Å². The number of fused-ring (bicyclic) bond motifs is 2. The van der Waals surface area contributed by atoms with E-state index in [0.717, 1.165) is 50.7 Å². The predicted octanol–water partition coefficient (Wildman–Crippen LogP) is 6.32. The van der Waals surface area contributed by atoms with Crippen LogP contribution in [-0.4, -0.2) is 37.8 Å². The highest BCUT2D eigenvalue weighted by molar-refractivity contribution is 7.22. The lowest BCUT2D eigenvalue weighted by Gasteiger charge is -2.12. The van der Waals surface area contributed by atoms with E-state index in [-0.39, 0.29) is 0 Å². The Morgan fingerprint density at radius 1 is 0.771 bits per heavy atom. The average molecular weight is 488 g/mol. The molecule has 0 bridgehead atoms. The zero-order chi connectivity index (χ0) is 24.2. The number of rotatable bonds is 9. The summed E-state index contributed by atoms with van der Waals surface area (Å²) < 4.78 is 23.4. The first-order valence-corrected chi connectivity index (χ1v) is 11.9. The first-order chi connectivity index (χ1) is 17.2. The van der Waals surface area contributed by atoms with Crippen LogP contribution in [0.2, 0.25) is 0 Å². The summed E-state index contributed by atoms with van der Waals surface area (Å²) in [4.78, 5) is 9.14. The Labute approximate surface area is 207 Å². The summed E-state index contributed by atoms with van der Waals surface area (Å²) in [6, 6.07) is 19.6. The summed E-state index contributed by atoms with van der Waals surface area (Å²) >= 11 is 1.61. The molecule has 0 aliphatic carbocycles. The minimum atomic E-state index is 0.626. The molecule has 2 heterocycles. The molecule has 3 aromatic carbocycles. The summed E-state index contributed by atoms with van der Waals surface area (Å²) in [6.07, 6.45) is 2.62. The van der Waals surface area contributed by atoms with Crippen LogP contribution in [0.3, 0.4) is 0 Å². The maximum absolute atomic E-state index is 6.25. The monoisotopic (exact) mass is 487 g/mol. The molecule has 0 saturated carbocycles. The molecule has 0 radical (unpaired) electrons. The topological polar surface area (TPSA) is 74.7 Å². The van der Waals surface area contributed by atoms with Crippen molar-refractivity contribution in [1.82, 2.24) is 9.97 Å². The highest BCUT2D eigenvalue weighted by Crippen LogP contribution is 2.38. The van der Waals surface area contributed by atoms with Crippen molar-refractivity contribution in [3.05, 3.63) is 72.4 Å². The minimum absolute atomic E-state index is 0.626. The van der Waals surface area contributed by atoms with Crippen molar-refractivity contribution in [1.29, 1.82) is 0 Å². The van der Waals surface area contributed by atoms with Crippen LogP contribution in [0.5, 0.6) is 28.7 Å². The van der Waals surface area contributed by atoms with Gasteiger partial charge in [0.2, 0.25) is 0 Å². The fourth-order valence-electron chi connectivity index (χ4n) is 3.81. The lowest BCUT2D eigenvalue weighted by atomic mass is 10.1. The normalized spacial score (nSPS) is 10.9. The molecule has 1 N–H and O–H groups in total. The second kappa shape index (κ2) is 10.1. The molecule has 0 aliphatic heterocycles. The Bertz CT molecular complexity index is 1470. The van der Waals surface area contributed by atoms with Gasteiger partial charge in [-0.15, -0.1) is 0 Å². The van der Waals surface area contributed by atoms with Crippen LogP contribution in [0, 0.1) is 0 Å². The number of pyridine rings is 1. The smallest absolute Gasteiger partial charge is 0.183 e. The molecule has 7 nitrogen and oxygen atoms in total. The molecule has 5 aromatic rings. The Morgan fingerprint density at radius 2 is 1.54 bits per heavy atom. The minimum Gasteiger partial charge on any atom is -0.497 e. The molecular formula is C27H25N3O4S. The third kappa shape index (κ3) is 4.93. The number of methoxy groups -OCH3 is 3. The number of thiazole rings is 1. The van der Waals surface area contributed by atoms with E-state index in [9.17, 15) is 0 Å². The third-order valence-corrected chi connectivity index (χ3v) is 6.62. The van der Waals surface area contributed by atoms with Gasteiger partial charge in [0, 0.05) is 30.3 Å². The number of anilines is 1. The zero-order valence-electron chi connectivity index (χ0n) is 19.7. The molecule has 0 spiro atoms. The van der Waals surface area contributed by atoms with Crippen molar-refractivity contribution >= 4 is 37.6 Å². The Hall–Kier alpha value is -4.04. The van der Waals surface area contributed by atoms with Gasteiger partial charge in [-0.25, -0.2) is 4.98 Å². The molecule has 0 saturated heterocycles. The van der Waals surface area contributed by atoms with Crippen molar-refractivity contribution in [3.63, 3.8) is 0 Å². The standard InChI is InChI=1S/C27H25N3O4S/c1-31-18-6-4-17(5-7-18)10-12-29-27-30-21-9-8-19(14-26(21)35-27)34-23-11-13-28-22-16-25(33-3)24(32-2)15-20(22)23/h4-9,11,13-16H,10,12H2,1-3H3,(H,29,30). The van der Waals surface area contributed by atoms with E-state index in [1.54, 1.807) is 38.9 Å². The van der Waals surface area contributed by atoms with Crippen LogP contribution in [0.15, 0.2) is 66.9 Å². The van der Waals surface area contributed by atoms with Gasteiger partial charge in [0.25, 0.3) is 0 Å². The van der Waals surface area contributed by atoms with E-state index in [4.69, 9.17) is 23.9 Å². The lowest BCUT2D eigenvalue weighted by Crippen LogP contribution is -2.04. The van der Waals surface area contributed by atoms with Gasteiger partial charge >= 0.3 is 0 Å². The van der Waals surface area contributed by atoms with Gasteiger partial charge in [-0.05, 0) is 48.4 Å². The molecule has 35 heavy (non-hydrogen) atoms. The molecule has 0 amide bonds. The maximum Gasteiger partial charge on any atom is 0.183 e. The maximum atomic E-state index is 6.25. The van der Waals surface area contributed by atoms with Crippen LogP contribution in [0.4, 0.5) is 5.13 Å². The van der Waals surface area contributed by atoms with Crippen molar-refractivity contribution < 1.29 is 18.9 Å². The quantitative estimate of drug-likeness (QED) is 0.261. The summed E-state index contributed by atoms with van der Waals surface area (Å²) in [6.45, 7) is 0.795. The Kier molecular flexibility index (Phi) is 6.54. The van der Waals surface area contributed by atoms with Gasteiger partial charge in [0.1, 0.15) is 17.2 Å². The van der Waals surface area contributed by atoms with E-state index in [2.05, 4.69) is 22.4 Å². The van der Waals surface area contributed by atoms with Gasteiger partial charge in [-0.2, -0.15) is 0 Å². The SMILES string of the molecule is COc1ccc(CCNc2nc3ccc(Oc4ccnc5cc(OC)c(OC)cc45)cc3s2)cc1. The summed E-state index contributed by atoms with van der Waals surface area (Å²) in [7, 11) is 4.89. The van der Waals surface area contributed by atoms with Gasteiger partial charge in [0.05, 0.1) is 37.1 Å². The molecule has 0 atom stereocenters. The summed E-state index contributed by atoms with van der Waals surface area (Å²) in [5.74, 6) is 3.54. The molecule has 8 heteroatoms. The summed E-state index contributed by atoms with van der Waals surface area (Å²) in [5, 5.41) is 5.16. The molecule has 178 valence electrons. The Balaban J connectivity index is 1.31. The number of nitrogens with one attached hydrogen (secondary N) is 1. The molecule has 5 rings (SSSR count). The van der Waals surface area contributed by atoms with Crippen LogP contribution in [0.25, 0.3) is 21.1 Å². The molecule has 0 unspecified atom stereocenters. The van der Waals surface area contributed by atoms with E-state index in [1.165, 1.54) is 5.56 Å². The number of nitrogens with zero attached hydrogens (tertiary/aromatic N) is 2. The van der Waals surface area contributed by atoms with Crippen LogP contribution < -0.4 is 24.3 Å². The van der Waals surface area contributed by atoms with Gasteiger partial charge < -0.3 is 24.3 Å². The number of hydrogen-bond acceptors (Lipinski definition) is 8. The van der Waals surface area contributed by atoms with Gasteiger partial charge in [0.15, 0.2) is 16.6 Å². The number of aromatic nitrogens is 2. The van der Waals surface area contributed by atoms with Gasteiger partial charge in [-0.3, -0.25) is 4.98 Å². The van der Waals surface area contributed by atoms with E-state index >= 15 is 0 Å². The first kappa shape index (κ1) is 22.7. The highest BCUT2D eigenvalue weighted by atomic mass is 32.1. The van der Waals surface area contributed by atoms with Gasteiger partial charge in [-0.1, -0.05) is 23.5 Å². The zero-order valence-corrected chi connectivity index (χ0v) is 20.5. The molecule has 0 fully saturated rings. The fraction of sp³-hybridized carbons (Fsp3) is 0.185.